The largest absolute Gasteiger partial charge is 0.418 e. The Bertz CT molecular complexity index is 790. The molecule has 2 heterocycles. The summed E-state index contributed by atoms with van der Waals surface area (Å²) in [6, 6.07) is 8.09. The fourth-order valence-corrected chi connectivity index (χ4v) is 2.51. The molecular formula is C18H16F2N2O2. The zero-order valence-corrected chi connectivity index (χ0v) is 13.1. The van der Waals surface area contributed by atoms with E-state index < -0.39 is 12.5 Å². The Hall–Kier alpha value is -2.76. The second-order valence-corrected chi connectivity index (χ2v) is 5.53. The van der Waals surface area contributed by atoms with Crippen molar-refractivity contribution in [2.75, 3.05) is 6.54 Å². The Morgan fingerprint density at radius 3 is 2.88 bits per heavy atom. The summed E-state index contributed by atoms with van der Waals surface area (Å²) in [5.74, 6) is 0. The molecule has 0 aliphatic carbocycles. The quantitative estimate of drug-likeness (QED) is 0.831. The number of ether oxygens (including phenoxy) is 1. The minimum absolute atomic E-state index is 0.0284. The molecule has 1 aliphatic rings. The van der Waals surface area contributed by atoms with Crippen LogP contribution in [0.25, 0.3) is 11.1 Å². The lowest BCUT2D eigenvalue weighted by Crippen LogP contribution is -2.33. The summed E-state index contributed by atoms with van der Waals surface area (Å²) >= 11 is 0. The van der Waals surface area contributed by atoms with Gasteiger partial charge in [-0.25, -0.2) is 13.6 Å². The first kappa shape index (κ1) is 16.1. The molecule has 6 heteroatoms. The van der Waals surface area contributed by atoms with Crippen molar-refractivity contribution in [1.29, 1.82) is 0 Å². The van der Waals surface area contributed by atoms with Crippen molar-refractivity contribution in [3.8, 4) is 11.1 Å². The number of hydrogen-bond donors (Lipinski definition) is 0. The fraction of sp³-hybridized carbons (Fsp3) is 0.222. The van der Waals surface area contributed by atoms with Gasteiger partial charge in [0.15, 0.2) is 0 Å². The molecule has 0 saturated heterocycles. The number of amides is 1. The second-order valence-electron chi connectivity index (χ2n) is 5.53. The fourth-order valence-electron chi connectivity index (χ4n) is 2.51. The van der Waals surface area contributed by atoms with Gasteiger partial charge in [0.2, 0.25) is 0 Å². The normalized spacial score (nSPS) is 14.2. The van der Waals surface area contributed by atoms with Crippen LogP contribution in [0.5, 0.6) is 0 Å². The van der Waals surface area contributed by atoms with Gasteiger partial charge in [-0.3, -0.25) is 9.88 Å². The van der Waals surface area contributed by atoms with Crippen LogP contribution >= 0.6 is 0 Å². The highest BCUT2D eigenvalue weighted by atomic mass is 19.3. The van der Waals surface area contributed by atoms with Gasteiger partial charge in [0.1, 0.15) is 0 Å². The summed E-state index contributed by atoms with van der Waals surface area (Å²) in [5.41, 5.74) is 3.01. The van der Waals surface area contributed by atoms with Gasteiger partial charge in [-0.15, -0.1) is 0 Å². The summed E-state index contributed by atoms with van der Waals surface area (Å²) in [6.07, 6.45) is 1.84. The van der Waals surface area contributed by atoms with Crippen LogP contribution in [0.1, 0.15) is 23.2 Å². The van der Waals surface area contributed by atoms with Crippen LogP contribution in [-0.4, -0.2) is 22.5 Å². The Morgan fingerprint density at radius 2 is 2.12 bits per heavy atom. The van der Waals surface area contributed by atoms with Gasteiger partial charge in [-0.1, -0.05) is 18.2 Å². The van der Waals surface area contributed by atoms with E-state index in [9.17, 15) is 13.6 Å². The minimum Gasteiger partial charge on any atom is -0.418 e. The monoisotopic (exact) mass is 330 g/mol. The number of hydrogen-bond acceptors (Lipinski definition) is 3. The number of aryl methyl sites for hydroxylation is 1. The number of carbonyl (C=O) groups is 1. The molecule has 1 aromatic heterocycles. The highest BCUT2D eigenvalue weighted by Gasteiger charge is 2.18. The number of carbonyl (C=O) groups excluding carboxylic acids is 1. The molecule has 24 heavy (non-hydrogen) atoms. The van der Waals surface area contributed by atoms with E-state index >= 15 is 0 Å². The number of nitrogens with zero attached hydrogens (tertiary/aromatic N) is 2. The van der Waals surface area contributed by atoms with Crippen molar-refractivity contribution < 1.29 is 18.3 Å². The maximum atomic E-state index is 12.9. The van der Waals surface area contributed by atoms with Gasteiger partial charge in [0, 0.05) is 29.6 Å². The van der Waals surface area contributed by atoms with E-state index in [1.54, 1.807) is 29.3 Å². The van der Waals surface area contributed by atoms with Crippen molar-refractivity contribution in [2.24, 2.45) is 0 Å². The number of halogens is 2. The van der Waals surface area contributed by atoms with Crippen molar-refractivity contribution in [1.82, 2.24) is 9.88 Å². The van der Waals surface area contributed by atoms with Crippen LogP contribution in [-0.2, 0) is 11.3 Å². The van der Waals surface area contributed by atoms with E-state index in [1.807, 2.05) is 13.0 Å². The third-order valence-electron chi connectivity index (χ3n) is 3.87. The van der Waals surface area contributed by atoms with E-state index in [4.69, 9.17) is 4.74 Å². The Balaban J connectivity index is 1.90. The third kappa shape index (κ3) is 3.42. The first-order valence-electron chi connectivity index (χ1n) is 7.49. The molecule has 1 amide bonds. The first-order valence-corrected chi connectivity index (χ1v) is 7.49. The summed E-state index contributed by atoms with van der Waals surface area (Å²) in [6.45, 7) is 2.66. The third-order valence-corrected chi connectivity index (χ3v) is 3.87. The molecule has 0 bridgehead atoms. The van der Waals surface area contributed by atoms with Gasteiger partial charge in [-0.05, 0) is 36.3 Å². The molecule has 124 valence electrons. The number of rotatable bonds is 4. The highest BCUT2D eigenvalue weighted by molar-refractivity contribution is 5.70. The molecule has 1 aromatic carbocycles. The average Bonchev–Trinajstić information content (AvgIpc) is 2.59. The van der Waals surface area contributed by atoms with Gasteiger partial charge >= 0.3 is 6.09 Å². The zero-order valence-electron chi connectivity index (χ0n) is 13.1. The van der Waals surface area contributed by atoms with Gasteiger partial charge in [0.25, 0.3) is 6.43 Å². The average molecular weight is 330 g/mol. The maximum absolute atomic E-state index is 12.9. The van der Waals surface area contributed by atoms with Crippen LogP contribution in [0.4, 0.5) is 13.6 Å². The lowest BCUT2D eigenvalue weighted by Gasteiger charge is -2.23. The van der Waals surface area contributed by atoms with E-state index in [0.29, 0.717) is 18.7 Å². The molecule has 1 aliphatic heterocycles. The second kappa shape index (κ2) is 6.78. The number of aromatic nitrogens is 1. The van der Waals surface area contributed by atoms with Crippen molar-refractivity contribution in [2.45, 2.75) is 19.9 Å². The maximum Gasteiger partial charge on any atom is 0.415 e. The summed E-state index contributed by atoms with van der Waals surface area (Å²) < 4.78 is 30.6. The van der Waals surface area contributed by atoms with Crippen molar-refractivity contribution in [3.05, 3.63) is 65.7 Å². The molecule has 4 nitrogen and oxygen atoms in total. The molecule has 3 rings (SSSR count). The summed E-state index contributed by atoms with van der Waals surface area (Å²) in [4.78, 5) is 17.6. The van der Waals surface area contributed by atoms with Crippen molar-refractivity contribution in [3.63, 3.8) is 0 Å². The Morgan fingerprint density at radius 1 is 1.29 bits per heavy atom. The molecule has 0 fully saturated rings. The van der Waals surface area contributed by atoms with E-state index in [1.165, 1.54) is 18.4 Å². The number of cyclic esters (lactones) is 1. The molecule has 0 saturated carbocycles. The lowest BCUT2D eigenvalue weighted by atomic mass is 10.0. The van der Waals surface area contributed by atoms with Crippen molar-refractivity contribution >= 4 is 6.09 Å². The van der Waals surface area contributed by atoms with Gasteiger partial charge in [-0.2, -0.15) is 0 Å². The molecule has 0 spiro atoms. The topological polar surface area (TPSA) is 42.4 Å². The predicted molar refractivity (Wildman–Crippen MR) is 85.4 cm³/mol. The van der Waals surface area contributed by atoms with Gasteiger partial charge in [0.05, 0.1) is 12.8 Å². The van der Waals surface area contributed by atoms with Gasteiger partial charge < -0.3 is 4.74 Å². The zero-order chi connectivity index (χ0) is 17.1. The lowest BCUT2D eigenvalue weighted by molar-refractivity contribution is 0.131. The number of pyridine rings is 1. The summed E-state index contributed by atoms with van der Waals surface area (Å²) in [7, 11) is 0. The predicted octanol–water partition coefficient (Wildman–Crippen LogP) is 4.46. The smallest absolute Gasteiger partial charge is 0.415 e. The summed E-state index contributed by atoms with van der Waals surface area (Å²) in [5, 5.41) is 0. The molecular weight excluding hydrogens is 314 g/mol. The molecule has 0 N–H and O–H groups in total. The highest BCUT2D eigenvalue weighted by Crippen LogP contribution is 2.27. The van der Waals surface area contributed by atoms with E-state index in [0.717, 1.165) is 16.8 Å². The number of alkyl halides is 2. The first-order chi connectivity index (χ1) is 11.5. The van der Waals surface area contributed by atoms with Crippen LogP contribution in [0.2, 0.25) is 0 Å². The van der Waals surface area contributed by atoms with Crippen LogP contribution in [0, 0.1) is 6.92 Å². The molecule has 0 radical (unpaired) electrons. The Labute approximate surface area is 138 Å². The van der Waals surface area contributed by atoms with Crippen LogP contribution in [0.3, 0.4) is 0 Å². The SMILES string of the molecule is Cc1ncc(-c2cccc(C(F)F)c2)cc1CN1CC=COC1=O. The van der Waals surface area contributed by atoms with E-state index in [-0.39, 0.29) is 5.56 Å². The molecule has 2 aromatic rings. The van der Waals surface area contributed by atoms with Crippen LogP contribution in [0.15, 0.2) is 48.9 Å². The standard InChI is InChI=1S/C18H16F2N2O2/c1-12-16(11-22-6-3-7-24-18(22)23)9-15(10-21-12)13-4-2-5-14(8-13)17(19)20/h2-5,7-10,17H,6,11H2,1H3. The molecule has 0 atom stereocenters. The Kier molecular flexibility index (Phi) is 4.55. The van der Waals surface area contributed by atoms with Crippen LogP contribution < -0.4 is 0 Å². The van der Waals surface area contributed by atoms with E-state index in [2.05, 4.69) is 4.98 Å². The minimum atomic E-state index is -2.52. The molecule has 0 unspecified atom stereocenters. The number of benzene rings is 1.